The van der Waals surface area contributed by atoms with Gasteiger partial charge in [0, 0.05) is 25.3 Å². The van der Waals surface area contributed by atoms with E-state index in [0.717, 1.165) is 31.6 Å². The van der Waals surface area contributed by atoms with Crippen LogP contribution < -0.4 is 10.2 Å². The van der Waals surface area contributed by atoms with E-state index in [2.05, 4.69) is 5.32 Å². The molecular weight excluding hydrogens is 344 g/mol. The first-order chi connectivity index (χ1) is 12.0. The molecule has 2 aliphatic rings. The van der Waals surface area contributed by atoms with Gasteiger partial charge in [-0.15, -0.1) is 0 Å². The number of amides is 2. The first-order valence-electron chi connectivity index (χ1n) is 8.68. The molecule has 2 atom stereocenters. The summed E-state index contributed by atoms with van der Waals surface area (Å²) in [5.41, 5.74) is 1.23. The number of hydrogen-bond donors (Lipinski definition) is 1. The molecule has 1 N–H and O–H groups in total. The standard InChI is InChI=1S/C18H23ClN2O4/c1-12(25-11-14-4-3-9-24-14)18(23)20-16-10-13(6-7-15(16)19)21-8-2-5-17(21)22/h6-7,10,12,14H,2-5,8-9,11H2,1H3,(H,20,23). The topological polar surface area (TPSA) is 67.9 Å². The number of benzene rings is 1. The highest BCUT2D eigenvalue weighted by atomic mass is 35.5. The molecule has 0 saturated carbocycles. The molecule has 1 aromatic carbocycles. The van der Waals surface area contributed by atoms with Gasteiger partial charge >= 0.3 is 0 Å². The lowest BCUT2D eigenvalue weighted by Crippen LogP contribution is -2.31. The van der Waals surface area contributed by atoms with E-state index in [4.69, 9.17) is 21.1 Å². The lowest BCUT2D eigenvalue weighted by Gasteiger charge is -2.19. The van der Waals surface area contributed by atoms with E-state index in [-0.39, 0.29) is 17.9 Å². The van der Waals surface area contributed by atoms with Gasteiger partial charge in [0.2, 0.25) is 5.91 Å². The van der Waals surface area contributed by atoms with Crippen molar-refractivity contribution in [2.24, 2.45) is 0 Å². The third-order valence-electron chi connectivity index (χ3n) is 4.52. The lowest BCUT2D eigenvalue weighted by molar-refractivity contribution is -0.128. The van der Waals surface area contributed by atoms with Crippen molar-refractivity contribution >= 4 is 34.8 Å². The molecule has 2 amide bonds. The molecule has 25 heavy (non-hydrogen) atoms. The maximum atomic E-state index is 12.4. The van der Waals surface area contributed by atoms with Gasteiger partial charge in [0.1, 0.15) is 6.10 Å². The van der Waals surface area contributed by atoms with E-state index >= 15 is 0 Å². The minimum absolute atomic E-state index is 0.0725. The maximum absolute atomic E-state index is 12.4. The van der Waals surface area contributed by atoms with Crippen molar-refractivity contribution in [3.05, 3.63) is 23.2 Å². The fraction of sp³-hybridized carbons (Fsp3) is 0.556. The van der Waals surface area contributed by atoms with Crippen molar-refractivity contribution in [1.82, 2.24) is 0 Å². The molecule has 2 unspecified atom stereocenters. The Morgan fingerprint density at radius 3 is 3.00 bits per heavy atom. The van der Waals surface area contributed by atoms with Crippen molar-refractivity contribution in [2.45, 2.75) is 44.8 Å². The van der Waals surface area contributed by atoms with E-state index in [1.807, 2.05) is 0 Å². The molecule has 6 nitrogen and oxygen atoms in total. The van der Waals surface area contributed by atoms with Crippen molar-refractivity contribution in [3.8, 4) is 0 Å². The van der Waals surface area contributed by atoms with Gasteiger partial charge in [-0.05, 0) is 44.4 Å². The van der Waals surface area contributed by atoms with Crippen LogP contribution in [0.1, 0.15) is 32.6 Å². The minimum Gasteiger partial charge on any atom is -0.376 e. The maximum Gasteiger partial charge on any atom is 0.253 e. The van der Waals surface area contributed by atoms with Crippen molar-refractivity contribution < 1.29 is 19.1 Å². The zero-order valence-corrected chi connectivity index (χ0v) is 15.1. The van der Waals surface area contributed by atoms with Gasteiger partial charge < -0.3 is 19.7 Å². The number of carbonyl (C=O) groups excluding carboxylic acids is 2. The molecule has 0 bridgehead atoms. The Balaban J connectivity index is 1.60. The number of hydrogen-bond acceptors (Lipinski definition) is 4. The van der Waals surface area contributed by atoms with Crippen LogP contribution in [0.5, 0.6) is 0 Å². The molecule has 7 heteroatoms. The smallest absolute Gasteiger partial charge is 0.253 e. The predicted octanol–water partition coefficient (Wildman–Crippen LogP) is 2.99. The summed E-state index contributed by atoms with van der Waals surface area (Å²) in [7, 11) is 0. The summed E-state index contributed by atoms with van der Waals surface area (Å²) in [5, 5.41) is 3.22. The molecule has 2 saturated heterocycles. The van der Waals surface area contributed by atoms with Gasteiger partial charge in [0.05, 0.1) is 23.4 Å². The molecule has 0 spiro atoms. The molecule has 0 aromatic heterocycles. The van der Waals surface area contributed by atoms with E-state index in [1.165, 1.54) is 0 Å². The fourth-order valence-corrected chi connectivity index (χ4v) is 3.20. The minimum atomic E-state index is -0.614. The summed E-state index contributed by atoms with van der Waals surface area (Å²) in [5.74, 6) is -0.183. The van der Waals surface area contributed by atoms with E-state index < -0.39 is 6.10 Å². The first-order valence-corrected chi connectivity index (χ1v) is 9.06. The Morgan fingerprint density at radius 2 is 2.32 bits per heavy atom. The second-order valence-electron chi connectivity index (χ2n) is 6.41. The normalized spacial score (nSPS) is 21.6. The highest BCUT2D eigenvalue weighted by Gasteiger charge is 2.24. The zero-order valence-electron chi connectivity index (χ0n) is 14.3. The summed E-state index contributed by atoms with van der Waals surface area (Å²) in [6.45, 7) is 3.55. The first kappa shape index (κ1) is 18.2. The third-order valence-corrected chi connectivity index (χ3v) is 4.85. The summed E-state index contributed by atoms with van der Waals surface area (Å²) < 4.78 is 11.1. The van der Waals surface area contributed by atoms with Gasteiger partial charge in [0.25, 0.3) is 5.91 Å². The van der Waals surface area contributed by atoms with Crippen LogP contribution in [-0.4, -0.2) is 43.8 Å². The van der Waals surface area contributed by atoms with E-state index in [1.54, 1.807) is 30.0 Å². The SMILES string of the molecule is CC(OCC1CCCO1)C(=O)Nc1cc(N2CCCC2=O)ccc1Cl. The quantitative estimate of drug-likeness (QED) is 0.840. The van der Waals surface area contributed by atoms with Gasteiger partial charge in [-0.2, -0.15) is 0 Å². The largest absolute Gasteiger partial charge is 0.376 e. The predicted molar refractivity (Wildman–Crippen MR) is 96.1 cm³/mol. The second-order valence-corrected chi connectivity index (χ2v) is 6.82. The number of nitrogens with zero attached hydrogens (tertiary/aromatic N) is 1. The van der Waals surface area contributed by atoms with Gasteiger partial charge in [-0.25, -0.2) is 0 Å². The van der Waals surface area contributed by atoms with Crippen LogP contribution in [0.15, 0.2) is 18.2 Å². The third kappa shape index (κ3) is 4.51. The average molecular weight is 367 g/mol. The van der Waals surface area contributed by atoms with Crippen LogP contribution in [-0.2, 0) is 19.1 Å². The Labute approximate surface area is 152 Å². The number of carbonyl (C=O) groups is 2. The molecule has 0 radical (unpaired) electrons. The van der Waals surface area contributed by atoms with Crippen LogP contribution in [0, 0.1) is 0 Å². The number of rotatable bonds is 6. The van der Waals surface area contributed by atoms with Gasteiger partial charge in [0.15, 0.2) is 0 Å². The van der Waals surface area contributed by atoms with Gasteiger partial charge in [-0.1, -0.05) is 11.6 Å². The number of halogens is 1. The Morgan fingerprint density at radius 1 is 1.48 bits per heavy atom. The van der Waals surface area contributed by atoms with Gasteiger partial charge in [-0.3, -0.25) is 9.59 Å². The highest BCUT2D eigenvalue weighted by molar-refractivity contribution is 6.34. The van der Waals surface area contributed by atoms with Crippen LogP contribution in [0.2, 0.25) is 5.02 Å². The molecule has 1 aromatic rings. The molecule has 2 heterocycles. The Bertz CT molecular complexity index is 646. The molecule has 0 aliphatic carbocycles. The summed E-state index contributed by atoms with van der Waals surface area (Å²) in [6.07, 6.45) is 2.86. The van der Waals surface area contributed by atoms with Crippen molar-refractivity contribution in [1.29, 1.82) is 0 Å². The van der Waals surface area contributed by atoms with Crippen LogP contribution >= 0.6 is 11.6 Å². The Kier molecular flexibility index (Phi) is 5.93. The van der Waals surface area contributed by atoms with Crippen LogP contribution in [0.4, 0.5) is 11.4 Å². The fourth-order valence-electron chi connectivity index (χ4n) is 3.04. The molecular formula is C18H23ClN2O4. The number of nitrogens with one attached hydrogen (secondary N) is 1. The van der Waals surface area contributed by atoms with E-state index in [0.29, 0.717) is 30.3 Å². The highest BCUT2D eigenvalue weighted by Crippen LogP contribution is 2.30. The Hall–Kier alpha value is -1.63. The molecule has 2 fully saturated rings. The molecule has 2 aliphatic heterocycles. The number of anilines is 2. The van der Waals surface area contributed by atoms with Crippen molar-refractivity contribution in [2.75, 3.05) is 30.0 Å². The van der Waals surface area contributed by atoms with Crippen LogP contribution in [0.3, 0.4) is 0 Å². The summed E-state index contributed by atoms with van der Waals surface area (Å²) >= 11 is 6.19. The van der Waals surface area contributed by atoms with E-state index in [9.17, 15) is 9.59 Å². The van der Waals surface area contributed by atoms with Crippen molar-refractivity contribution in [3.63, 3.8) is 0 Å². The zero-order chi connectivity index (χ0) is 17.8. The number of ether oxygens (including phenoxy) is 2. The lowest BCUT2D eigenvalue weighted by atomic mass is 10.2. The molecule has 3 rings (SSSR count). The molecule has 136 valence electrons. The van der Waals surface area contributed by atoms with Crippen LogP contribution in [0.25, 0.3) is 0 Å². The second kappa shape index (κ2) is 8.17. The monoisotopic (exact) mass is 366 g/mol. The summed E-state index contributed by atoms with van der Waals surface area (Å²) in [6, 6.07) is 5.21. The average Bonchev–Trinajstić information content (AvgIpc) is 3.26. The summed E-state index contributed by atoms with van der Waals surface area (Å²) in [4.78, 5) is 25.9.